The van der Waals surface area contributed by atoms with Crippen molar-refractivity contribution < 1.29 is 20.1 Å². The second-order valence-electron chi connectivity index (χ2n) is 6.25. The molecule has 0 aliphatic carbocycles. The number of hydrogen-bond donors (Lipinski definition) is 0. The summed E-state index contributed by atoms with van der Waals surface area (Å²) in [4.78, 5) is 4.66. The molecule has 1 radical (unpaired) electrons. The fourth-order valence-electron chi connectivity index (χ4n) is 3.47. The topological polar surface area (TPSA) is 12.9 Å². The van der Waals surface area contributed by atoms with Crippen LogP contribution in [0, 0.1) is 26.8 Å². The zero-order valence-corrected chi connectivity index (χ0v) is 16.4. The Balaban J connectivity index is 0.00000169. The number of pyridine rings is 1. The number of benzene rings is 3. The molecule has 0 aliphatic heterocycles. The SMILES string of the molecule is Cc1[c-]c(-c2nccc3c2ccc2cccc(C)c23)cc(C)c1.[Ir]. The molecule has 0 N–H and O–H groups in total. The standard InChI is InChI=1S/C22H18N.Ir/c1-14-11-15(2)13-18(12-14)22-20-8-7-17-6-4-5-16(3)21(17)19(20)9-10-23-22;/h4-12H,1-3H3;/q-1;. The predicted octanol–water partition coefficient (Wildman–Crippen LogP) is 5.78. The molecule has 0 saturated heterocycles. The summed E-state index contributed by atoms with van der Waals surface area (Å²) in [5.74, 6) is 0. The molecular weight excluding hydrogens is 470 g/mol. The fraction of sp³-hybridized carbons (Fsp3) is 0.136. The van der Waals surface area contributed by atoms with Crippen LogP contribution in [0.2, 0.25) is 0 Å². The molecule has 2 heteroatoms. The zero-order chi connectivity index (χ0) is 16.0. The van der Waals surface area contributed by atoms with E-state index in [9.17, 15) is 0 Å². The molecule has 24 heavy (non-hydrogen) atoms. The summed E-state index contributed by atoms with van der Waals surface area (Å²) < 4.78 is 0. The average Bonchev–Trinajstić information content (AvgIpc) is 2.53. The van der Waals surface area contributed by atoms with Gasteiger partial charge in [-0.25, -0.2) is 0 Å². The first kappa shape index (κ1) is 16.8. The van der Waals surface area contributed by atoms with Crippen LogP contribution >= 0.6 is 0 Å². The van der Waals surface area contributed by atoms with E-state index < -0.39 is 0 Å². The quantitative estimate of drug-likeness (QED) is 0.245. The van der Waals surface area contributed by atoms with Crippen molar-refractivity contribution in [1.82, 2.24) is 4.98 Å². The summed E-state index contributed by atoms with van der Waals surface area (Å²) in [5.41, 5.74) is 5.78. The van der Waals surface area contributed by atoms with E-state index in [4.69, 9.17) is 0 Å². The normalized spacial score (nSPS) is 10.8. The van der Waals surface area contributed by atoms with Crippen LogP contribution in [-0.4, -0.2) is 4.98 Å². The number of aryl methyl sites for hydroxylation is 3. The molecule has 3 aromatic carbocycles. The maximum Gasteiger partial charge on any atom is 0.0167 e. The Hall–Kier alpha value is -2.02. The molecule has 1 aromatic heterocycles. The van der Waals surface area contributed by atoms with Crippen molar-refractivity contribution in [2.45, 2.75) is 20.8 Å². The van der Waals surface area contributed by atoms with Gasteiger partial charge in [0.05, 0.1) is 0 Å². The first-order valence-corrected chi connectivity index (χ1v) is 7.91. The van der Waals surface area contributed by atoms with E-state index in [1.54, 1.807) is 0 Å². The van der Waals surface area contributed by atoms with Crippen molar-refractivity contribution in [3.63, 3.8) is 0 Å². The minimum atomic E-state index is 0. The summed E-state index contributed by atoms with van der Waals surface area (Å²) >= 11 is 0. The van der Waals surface area contributed by atoms with Crippen molar-refractivity contribution in [3.05, 3.63) is 77.5 Å². The summed E-state index contributed by atoms with van der Waals surface area (Å²) in [5, 5.41) is 5.05. The number of fused-ring (bicyclic) bond motifs is 3. The molecule has 0 bridgehead atoms. The van der Waals surface area contributed by atoms with Gasteiger partial charge in [0.2, 0.25) is 0 Å². The van der Waals surface area contributed by atoms with Crippen molar-refractivity contribution in [3.8, 4) is 11.3 Å². The molecule has 0 unspecified atom stereocenters. The van der Waals surface area contributed by atoms with Crippen LogP contribution in [0.15, 0.2) is 54.7 Å². The van der Waals surface area contributed by atoms with E-state index in [0.29, 0.717) is 0 Å². The van der Waals surface area contributed by atoms with E-state index in [-0.39, 0.29) is 20.1 Å². The van der Waals surface area contributed by atoms with Gasteiger partial charge in [0, 0.05) is 26.3 Å². The minimum Gasteiger partial charge on any atom is -0.304 e. The smallest absolute Gasteiger partial charge is 0.0167 e. The van der Waals surface area contributed by atoms with Gasteiger partial charge in [0.1, 0.15) is 0 Å². The Morgan fingerprint density at radius 2 is 1.71 bits per heavy atom. The van der Waals surface area contributed by atoms with E-state index >= 15 is 0 Å². The van der Waals surface area contributed by atoms with Gasteiger partial charge in [-0.3, -0.25) is 0 Å². The predicted molar refractivity (Wildman–Crippen MR) is 97.7 cm³/mol. The van der Waals surface area contributed by atoms with E-state index in [0.717, 1.165) is 16.8 Å². The monoisotopic (exact) mass is 489 g/mol. The van der Waals surface area contributed by atoms with Gasteiger partial charge in [-0.05, 0) is 45.8 Å². The molecule has 4 rings (SSSR count). The summed E-state index contributed by atoms with van der Waals surface area (Å²) in [7, 11) is 0. The number of nitrogens with zero attached hydrogens (tertiary/aromatic N) is 1. The fourth-order valence-corrected chi connectivity index (χ4v) is 3.47. The first-order valence-electron chi connectivity index (χ1n) is 7.91. The molecule has 1 nitrogen and oxygen atoms in total. The van der Waals surface area contributed by atoms with Crippen LogP contribution in [0.25, 0.3) is 32.8 Å². The Morgan fingerprint density at radius 1 is 0.875 bits per heavy atom. The van der Waals surface area contributed by atoms with Crippen LogP contribution in [0.4, 0.5) is 0 Å². The summed E-state index contributed by atoms with van der Waals surface area (Å²) in [6.45, 7) is 6.38. The van der Waals surface area contributed by atoms with Crippen LogP contribution in [0.5, 0.6) is 0 Å². The van der Waals surface area contributed by atoms with E-state index in [1.165, 1.54) is 32.7 Å². The molecule has 0 fully saturated rings. The van der Waals surface area contributed by atoms with E-state index in [2.05, 4.69) is 80.4 Å². The van der Waals surface area contributed by atoms with Crippen LogP contribution in [0.3, 0.4) is 0 Å². The third-order valence-corrected chi connectivity index (χ3v) is 4.40. The Morgan fingerprint density at radius 3 is 2.50 bits per heavy atom. The van der Waals surface area contributed by atoms with Crippen LogP contribution in [-0.2, 0) is 20.1 Å². The number of rotatable bonds is 1. The second kappa shape index (κ2) is 6.47. The van der Waals surface area contributed by atoms with Crippen molar-refractivity contribution in [2.75, 3.05) is 0 Å². The molecule has 0 amide bonds. The molecule has 4 aromatic rings. The number of hydrogen-bond acceptors (Lipinski definition) is 1. The molecule has 1 heterocycles. The molecule has 0 atom stereocenters. The third kappa shape index (κ3) is 2.77. The summed E-state index contributed by atoms with van der Waals surface area (Å²) in [6, 6.07) is 20.7. The molecule has 0 saturated carbocycles. The van der Waals surface area contributed by atoms with Crippen LogP contribution in [0.1, 0.15) is 16.7 Å². The average molecular weight is 489 g/mol. The second-order valence-corrected chi connectivity index (χ2v) is 6.25. The van der Waals surface area contributed by atoms with Gasteiger partial charge in [0.25, 0.3) is 0 Å². The Labute approximate surface area is 156 Å². The largest absolute Gasteiger partial charge is 0.304 e. The van der Waals surface area contributed by atoms with Gasteiger partial charge in [0.15, 0.2) is 0 Å². The van der Waals surface area contributed by atoms with Gasteiger partial charge < -0.3 is 4.98 Å². The maximum absolute atomic E-state index is 4.66. The molecular formula is C22H18IrN-. The Bertz CT molecular complexity index is 1030. The Kier molecular flexibility index (Phi) is 4.53. The zero-order valence-electron chi connectivity index (χ0n) is 14.0. The van der Waals surface area contributed by atoms with Gasteiger partial charge >= 0.3 is 0 Å². The molecule has 0 aliphatic rings. The minimum absolute atomic E-state index is 0. The van der Waals surface area contributed by atoms with Crippen molar-refractivity contribution in [2.24, 2.45) is 0 Å². The van der Waals surface area contributed by atoms with Gasteiger partial charge in [-0.2, -0.15) is 0 Å². The van der Waals surface area contributed by atoms with Gasteiger partial charge in [-0.1, -0.05) is 44.2 Å². The van der Waals surface area contributed by atoms with E-state index in [1.807, 2.05) is 6.20 Å². The van der Waals surface area contributed by atoms with Gasteiger partial charge in [-0.15, -0.1) is 34.9 Å². The first-order chi connectivity index (χ1) is 11.1. The molecule has 0 spiro atoms. The number of aromatic nitrogens is 1. The van der Waals surface area contributed by atoms with Crippen LogP contribution < -0.4 is 0 Å². The van der Waals surface area contributed by atoms with Crippen molar-refractivity contribution >= 4 is 21.5 Å². The third-order valence-electron chi connectivity index (χ3n) is 4.40. The summed E-state index contributed by atoms with van der Waals surface area (Å²) in [6.07, 6.45) is 1.91. The van der Waals surface area contributed by atoms with Crippen molar-refractivity contribution in [1.29, 1.82) is 0 Å². The maximum atomic E-state index is 4.66. The molecule has 121 valence electrons.